The highest BCUT2D eigenvalue weighted by atomic mass is 35.5. The Morgan fingerprint density at radius 3 is 2.53 bits per heavy atom. The number of anilines is 1. The van der Waals surface area contributed by atoms with Crippen LogP contribution in [0.15, 0.2) is 48.5 Å². The minimum absolute atomic E-state index is 0.0616. The monoisotopic (exact) mass is 477 g/mol. The predicted molar refractivity (Wildman–Crippen MR) is 137 cm³/mol. The maximum absolute atomic E-state index is 12.6. The van der Waals surface area contributed by atoms with Gasteiger partial charge in [-0.05, 0) is 67.3 Å². The van der Waals surface area contributed by atoms with Crippen molar-refractivity contribution in [2.45, 2.75) is 33.3 Å². The highest BCUT2D eigenvalue weighted by Crippen LogP contribution is 2.41. The SMILES string of the molecule is CC(=O)N1CCC(O)C1.Cc1cc(C)c(/C=C2\C(=O)Nc3cccc(-c4cccc(Cl)c4)c32)[nH]1. The van der Waals surface area contributed by atoms with Gasteiger partial charge in [0.15, 0.2) is 0 Å². The van der Waals surface area contributed by atoms with Crippen molar-refractivity contribution in [2.75, 3.05) is 18.4 Å². The van der Waals surface area contributed by atoms with E-state index in [1.807, 2.05) is 62.4 Å². The minimum Gasteiger partial charge on any atom is -0.391 e. The molecule has 0 spiro atoms. The topological polar surface area (TPSA) is 85.4 Å². The van der Waals surface area contributed by atoms with Crippen LogP contribution in [0.25, 0.3) is 22.8 Å². The summed E-state index contributed by atoms with van der Waals surface area (Å²) in [5.74, 6) is -0.0253. The molecule has 3 heterocycles. The fourth-order valence-corrected chi connectivity index (χ4v) is 4.55. The number of likely N-dealkylation sites (tertiary alicyclic amines) is 1. The number of β-amino-alcohol motifs (C(OH)–C–C–N with tert-alkyl or cyclic N) is 1. The molecule has 1 atom stereocenters. The number of carbonyl (C=O) groups is 2. The van der Waals surface area contributed by atoms with E-state index in [0.717, 1.165) is 52.3 Å². The molecule has 0 bridgehead atoms. The van der Waals surface area contributed by atoms with Crippen LogP contribution in [-0.4, -0.2) is 46.0 Å². The molecule has 34 heavy (non-hydrogen) atoms. The van der Waals surface area contributed by atoms with Gasteiger partial charge in [0.05, 0.1) is 11.7 Å². The molecule has 2 aromatic carbocycles. The molecule has 2 aliphatic rings. The van der Waals surface area contributed by atoms with E-state index in [1.54, 1.807) is 4.90 Å². The molecule has 3 N–H and O–H groups in total. The van der Waals surface area contributed by atoms with Crippen LogP contribution in [0.3, 0.4) is 0 Å². The highest BCUT2D eigenvalue weighted by molar-refractivity contribution is 6.36. The third-order valence-corrected chi connectivity index (χ3v) is 6.28. The van der Waals surface area contributed by atoms with Gasteiger partial charge in [0.2, 0.25) is 5.91 Å². The number of fused-ring (bicyclic) bond motifs is 1. The molecular weight excluding hydrogens is 450 g/mol. The molecule has 0 saturated carbocycles. The average molecular weight is 478 g/mol. The normalized spacial score (nSPS) is 17.9. The third kappa shape index (κ3) is 5.08. The fourth-order valence-electron chi connectivity index (χ4n) is 4.36. The van der Waals surface area contributed by atoms with Gasteiger partial charge < -0.3 is 20.3 Å². The number of hydrogen-bond acceptors (Lipinski definition) is 3. The Hall–Kier alpha value is -3.35. The molecule has 2 aliphatic heterocycles. The van der Waals surface area contributed by atoms with Gasteiger partial charge in [0, 0.05) is 47.7 Å². The highest BCUT2D eigenvalue weighted by Gasteiger charge is 2.27. The number of carbonyl (C=O) groups excluding carboxylic acids is 2. The molecule has 0 aliphatic carbocycles. The van der Waals surface area contributed by atoms with Crippen molar-refractivity contribution < 1.29 is 14.7 Å². The number of aliphatic hydroxyl groups is 1. The second kappa shape index (κ2) is 9.87. The van der Waals surface area contributed by atoms with Gasteiger partial charge >= 0.3 is 0 Å². The number of nitrogens with one attached hydrogen (secondary N) is 2. The summed E-state index contributed by atoms with van der Waals surface area (Å²) in [4.78, 5) is 28.2. The molecule has 1 saturated heterocycles. The Bertz CT molecular complexity index is 1280. The Labute approximate surface area is 204 Å². The Balaban J connectivity index is 0.000000257. The summed E-state index contributed by atoms with van der Waals surface area (Å²) in [7, 11) is 0. The number of H-pyrrole nitrogens is 1. The summed E-state index contributed by atoms with van der Waals surface area (Å²) in [6, 6.07) is 15.7. The second-order valence-corrected chi connectivity index (χ2v) is 9.14. The third-order valence-electron chi connectivity index (χ3n) is 6.05. The number of aliphatic hydroxyl groups excluding tert-OH is 1. The van der Waals surface area contributed by atoms with Gasteiger partial charge in [0.25, 0.3) is 5.91 Å². The number of aromatic nitrogens is 1. The standard InChI is InChI=1S/C21H17ClN2O.C6H11NO2/c1-12-9-13(2)23-19(12)11-17-20-16(14-5-3-6-15(22)10-14)7-4-8-18(20)24-21(17)25;1-5(8)7-3-2-6(9)4-7/h3-11,23H,1-2H3,(H,24,25);6,9H,2-4H2,1H3/b17-11-;. The molecule has 3 aromatic rings. The zero-order valence-electron chi connectivity index (χ0n) is 19.5. The summed E-state index contributed by atoms with van der Waals surface area (Å²) in [5, 5.41) is 12.6. The molecule has 1 aromatic heterocycles. The van der Waals surface area contributed by atoms with Gasteiger partial charge in [-0.3, -0.25) is 9.59 Å². The maximum atomic E-state index is 12.6. The van der Waals surface area contributed by atoms with Crippen molar-refractivity contribution in [3.63, 3.8) is 0 Å². The number of amides is 2. The number of nitrogens with zero attached hydrogens (tertiary/aromatic N) is 1. The zero-order chi connectivity index (χ0) is 24.4. The van der Waals surface area contributed by atoms with E-state index in [1.165, 1.54) is 6.92 Å². The summed E-state index contributed by atoms with van der Waals surface area (Å²) in [6.07, 6.45) is 2.38. The van der Waals surface area contributed by atoms with Crippen molar-refractivity contribution >= 4 is 40.8 Å². The smallest absolute Gasteiger partial charge is 0.256 e. The lowest BCUT2D eigenvalue weighted by atomic mass is 9.94. The van der Waals surface area contributed by atoms with Crippen LogP contribution in [0.5, 0.6) is 0 Å². The first-order valence-electron chi connectivity index (χ1n) is 11.2. The number of halogens is 1. The number of rotatable bonds is 2. The Morgan fingerprint density at radius 2 is 1.94 bits per heavy atom. The quantitative estimate of drug-likeness (QED) is 0.452. The maximum Gasteiger partial charge on any atom is 0.256 e. The van der Waals surface area contributed by atoms with E-state index in [9.17, 15) is 9.59 Å². The van der Waals surface area contributed by atoms with E-state index in [4.69, 9.17) is 16.7 Å². The first-order valence-corrected chi connectivity index (χ1v) is 11.6. The number of aromatic amines is 1. The van der Waals surface area contributed by atoms with E-state index in [-0.39, 0.29) is 17.9 Å². The summed E-state index contributed by atoms with van der Waals surface area (Å²) < 4.78 is 0. The molecular formula is C27H28ClN3O3. The molecule has 6 nitrogen and oxygen atoms in total. The molecule has 5 rings (SSSR count). The zero-order valence-corrected chi connectivity index (χ0v) is 20.2. The molecule has 0 radical (unpaired) electrons. The largest absolute Gasteiger partial charge is 0.391 e. The van der Waals surface area contributed by atoms with E-state index < -0.39 is 0 Å². The van der Waals surface area contributed by atoms with Gasteiger partial charge in [-0.25, -0.2) is 0 Å². The van der Waals surface area contributed by atoms with Gasteiger partial charge in [-0.15, -0.1) is 0 Å². The fraction of sp³-hybridized carbons (Fsp3) is 0.259. The molecule has 2 amide bonds. The van der Waals surface area contributed by atoms with Gasteiger partial charge in [0.1, 0.15) is 0 Å². The van der Waals surface area contributed by atoms with Gasteiger partial charge in [-0.1, -0.05) is 35.9 Å². The van der Waals surface area contributed by atoms with Crippen molar-refractivity contribution in [3.8, 4) is 11.1 Å². The second-order valence-electron chi connectivity index (χ2n) is 8.71. The molecule has 1 fully saturated rings. The van der Waals surface area contributed by atoms with E-state index in [0.29, 0.717) is 17.1 Å². The predicted octanol–water partition coefficient (Wildman–Crippen LogP) is 5.04. The van der Waals surface area contributed by atoms with Crippen molar-refractivity contribution in [2.24, 2.45) is 0 Å². The van der Waals surface area contributed by atoms with Crippen LogP contribution in [-0.2, 0) is 9.59 Å². The van der Waals surface area contributed by atoms with Crippen molar-refractivity contribution in [3.05, 3.63) is 76.1 Å². The first kappa shape index (κ1) is 23.8. The number of aryl methyl sites for hydroxylation is 2. The van der Waals surface area contributed by atoms with Crippen LogP contribution in [0.1, 0.15) is 35.9 Å². The van der Waals surface area contributed by atoms with Gasteiger partial charge in [-0.2, -0.15) is 0 Å². The summed E-state index contributed by atoms with van der Waals surface area (Å²) in [5.41, 5.74) is 7.54. The summed E-state index contributed by atoms with van der Waals surface area (Å²) in [6.45, 7) is 6.81. The van der Waals surface area contributed by atoms with Crippen LogP contribution < -0.4 is 5.32 Å². The lowest BCUT2D eigenvalue weighted by Crippen LogP contribution is -2.26. The average Bonchev–Trinajstić information content (AvgIpc) is 3.46. The molecule has 176 valence electrons. The lowest BCUT2D eigenvalue weighted by Gasteiger charge is -2.10. The number of benzene rings is 2. The number of hydrogen-bond donors (Lipinski definition) is 3. The first-order chi connectivity index (χ1) is 16.2. The van der Waals surface area contributed by atoms with E-state index in [2.05, 4.69) is 16.4 Å². The van der Waals surface area contributed by atoms with Crippen LogP contribution in [0.4, 0.5) is 5.69 Å². The van der Waals surface area contributed by atoms with Crippen molar-refractivity contribution in [1.29, 1.82) is 0 Å². The lowest BCUT2D eigenvalue weighted by molar-refractivity contribution is -0.128. The van der Waals surface area contributed by atoms with Crippen molar-refractivity contribution in [1.82, 2.24) is 9.88 Å². The minimum atomic E-state index is -0.283. The summed E-state index contributed by atoms with van der Waals surface area (Å²) >= 11 is 6.16. The van der Waals surface area contributed by atoms with Crippen LogP contribution in [0, 0.1) is 13.8 Å². The molecule has 7 heteroatoms. The van der Waals surface area contributed by atoms with E-state index >= 15 is 0 Å². The van der Waals surface area contributed by atoms with Crippen LogP contribution >= 0.6 is 11.6 Å². The Morgan fingerprint density at radius 1 is 1.18 bits per heavy atom. The Kier molecular flexibility index (Phi) is 6.91. The molecule has 1 unspecified atom stereocenters. The van der Waals surface area contributed by atoms with Crippen LogP contribution in [0.2, 0.25) is 5.02 Å².